The molecule has 1 N–H and O–H groups in total. The van der Waals surface area contributed by atoms with Crippen LogP contribution in [0.4, 0.5) is 16.2 Å². The zero-order valence-corrected chi connectivity index (χ0v) is 13.5. The second kappa shape index (κ2) is 6.23. The van der Waals surface area contributed by atoms with Crippen LogP contribution in [0.15, 0.2) is 46.9 Å². The molecule has 0 aliphatic heterocycles. The second-order valence-corrected chi connectivity index (χ2v) is 5.53. The van der Waals surface area contributed by atoms with Gasteiger partial charge in [0.2, 0.25) is 0 Å². The van der Waals surface area contributed by atoms with Crippen LogP contribution in [0.1, 0.15) is 24.4 Å². The fourth-order valence-electron chi connectivity index (χ4n) is 2.79. The molecule has 1 heterocycles. The highest BCUT2D eigenvalue weighted by Gasteiger charge is 2.26. The first kappa shape index (κ1) is 16.4. The molecule has 3 rings (SSSR count). The van der Waals surface area contributed by atoms with Gasteiger partial charge in [0.25, 0.3) is 5.69 Å². The van der Waals surface area contributed by atoms with Crippen molar-refractivity contribution in [1.29, 1.82) is 0 Å². The Balaban J connectivity index is 2.05. The Morgan fingerprint density at radius 1 is 1.28 bits per heavy atom. The lowest BCUT2D eigenvalue weighted by Gasteiger charge is -2.26. The second-order valence-electron chi connectivity index (χ2n) is 5.53. The molecule has 0 saturated heterocycles. The minimum absolute atomic E-state index is 0.101. The third-order valence-corrected chi connectivity index (χ3v) is 3.94. The van der Waals surface area contributed by atoms with E-state index in [2.05, 4.69) is 4.98 Å². The first-order valence-corrected chi connectivity index (χ1v) is 7.51. The van der Waals surface area contributed by atoms with Crippen molar-refractivity contribution in [2.24, 2.45) is 0 Å². The SMILES string of the molecule is Cc1nc2c(C(C)N(C(=O)O)c3ccc([N+](=O)[O-])cc3)cccc2o1. The van der Waals surface area contributed by atoms with Gasteiger partial charge < -0.3 is 9.52 Å². The third-order valence-electron chi connectivity index (χ3n) is 3.94. The molecule has 25 heavy (non-hydrogen) atoms. The summed E-state index contributed by atoms with van der Waals surface area (Å²) in [6.07, 6.45) is -1.17. The summed E-state index contributed by atoms with van der Waals surface area (Å²) >= 11 is 0. The van der Waals surface area contributed by atoms with Crippen molar-refractivity contribution in [2.45, 2.75) is 19.9 Å². The monoisotopic (exact) mass is 341 g/mol. The number of oxazole rings is 1. The van der Waals surface area contributed by atoms with Gasteiger partial charge in [0.05, 0.1) is 11.0 Å². The van der Waals surface area contributed by atoms with Gasteiger partial charge in [0, 0.05) is 30.3 Å². The van der Waals surface area contributed by atoms with Crippen molar-refractivity contribution in [3.05, 3.63) is 64.0 Å². The van der Waals surface area contributed by atoms with E-state index in [4.69, 9.17) is 4.42 Å². The van der Waals surface area contributed by atoms with Gasteiger partial charge in [-0.2, -0.15) is 0 Å². The number of hydrogen-bond acceptors (Lipinski definition) is 5. The summed E-state index contributed by atoms with van der Waals surface area (Å²) < 4.78 is 5.49. The molecule has 1 aromatic heterocycles. The summed E-state index contributed by atoms with van der Waals surface area (Å²) in [6.45, 7) is 3.45. The largest absolute Gasteiger partial charge is 0.465 e. The van der Waals surface area contributed by atoms with E-state index >= 15 is 0 Å². The van der Waals surface area contributed by atoms with Gasteiger partial charge in [-0.05, 0) is 25.1 Å². The number of aromatic nitrogens is 1. The van der Waals surface area contributed by atoms with Crippen LogP contribution in [0.5, 0.6) is 0 Å². The highest BCUT2D eigenvalue weighted by atomic mass is 16.6. The Bertz CT molecular complexity index is 949. The number of anilines is 1. The summed E-state index contributed by atoms with van der Waals surface area (Å²) in [5, 5.41) is 20.4. The van der Waals surface area contributed by atoms with Crippen molar-refractivity contribution in [3.63, 3.8) is 0 Å². The number of amides is 1. The Morgan fingerprint density at radius 2 is 1.96 bits per heavy atom. The number of fused-ring (bicyclic) bond motifs is 1. The summed E-state index contributed by atoms with van der Waals surface area (Å²) in [6, 6.07) is 10.1. The van der Waals surface area contributed by atoms with Crippen LogP contribution in [0.3, 0.4) is 0 Å². The number of non-ortho nitro benzene ring substituents is 1. The van der Waals surface area contributed by atoms with Crippen LogP contribution >= 0.6 is 0 Å². The maximum Gasteiger partial charge on any atom is 0.412 e. The lowest BCUT2D eigenvalue weighted by Crippen LogP contribution is -2.32. The van der Waals surface area contributed by atoms with E-state index in [0.29, 0.717) is 28.2 Å². The van der Waals surface area contributed by atoms with Crippen LogP contribution in [-0.2, 0) is 0 Å². The highest BCUT2D eigenvalue weighted by molar-refractivity contribution is 5.88. The van der Waals surface area contributed by atoms with E-state index in [0.717, 1.165) is 4.90 Å². The van der Waals surface area contributed by atoms with Crippen LogP contribution in [0.25, 0.3) is 11.1 Å². The molecule has 0 saturated carbocycles. The van der Waals surface area contributed by atoms with Gasteiger partial charge in [0.1, 0.15) is 5.52 Å². The smallest absolute Gasteiger partial charge is 0.412 e. The molecule has 1 unspecified atom stereocenters. The lowest BCUT2D eigenvalue weighted by atomic mass is 10.0. The Labute approximate surface area is 142 Å². The Kier molecular flexibility index (Phi) is 4.10. The number of para-hydroxylation sites is 1. The first-order chi connectivity index (χ1) is 11.9. The molecule has 1 amide bonds. The molecular formula is C17H15N3O5. The fraction of sp³-hybridized carbons (Fsp3) is 0.176. The summed E-state index contributed by atoms with van der Waals surface area (Å²) in [5.74, 6) is 0.492. The predicted octanol–water partition coefficient (Wildman–Crippen LogP) is 4.29. The van der Waals surface area contributed by atoms with E-state index in [1.807, 2.05) is 0 Å². The minimum atomic E-state index is -1.17. The normalized spacial score (nSPS) is 12.1. The lowest BCUT2D eigenvalue weighted by molar-refractivity contribution is -0.384. The van der Waals surface area contributed by atoms with Crippen molar-refractivity contribution < 1.29 is 19.2 Å². The number of nitrogens with zero attached hydrogens (tertiary/aromatic N) is 3. The standard InChI is InChI=1S/C17H15N3O5/c1-10(14-4-3-5-15-16(14)18-11(2)25-15)19(17(21)22)12-6-8-13(9-7-12)20(23)24/h3-10H,1-2H3,(H,21,22). The molecule has 0 fully saturated rings. The molecule has 0 aliphatic rings. The van der Waals surface area contributed by atoms with Gasteiger partial charge in [0.15, 0.2) is 11.5 Å². The molecule has 8 heteroatoms. The molecule has 0 spiro atoms. The Morgan fingerprint density at radius 3 is 2.56 bits per heavy atom. The molecule has 2 aromatic carbocycles. The zero-order valence-electron chi connectivity index (χ0n) is 13.5. The van der Waals surface area contributed by atoms with E-state index in [9.17, 15) is 20.0 Å². The topological polar surface area (TPSA) is 110 Å². The van der Waals surface area contributed by atoms with Gasteiger partial charge in [-0.3, -0.25) is 15.0 Å². The third kappa shape index (κ3) is 3.01. The van der Waals surface area contributed by atoms with Crippen LogP contribution in [-0.4, -0.2) is 21.1 Å². The van der Waals surface area contributed by atoms with Crippen molar-refractivity contribution in [2.75, 3.05) is 4.90 Å². The minimum Gasteiger partial charge on any atom is -0.465 e. The number of benzene rings is 2. The molecule has 0 radical (unpaired) electrons. The number of carboxylic acid groups (broad SMARTS) is 1. The number of nitro groups is 1. The van der Waals surface area contributed by atoms with Crippen molar-refractivity contribution in [1.82, 2.24) is 4.98 Å². The van der Waals surface area contributed by atoms with Crippen LogP contribution in [0, 0.1) is 17.0 Å². The number of aryl methyl sites for hydroxylation is 1. The van der Waals surface area contributed by atoms with E-state index in [1.165, 1.54) is 24.3 Å². The molecular weight excluding hydrogens is 326 g/mol. The number of carbonyl (C=O) groups is 1. The van der Waals surface area contributed by atoms with Crippen molar-refractivity contribution in [3.8, 4) is 0 Å². The quantitative estimate of drug-likeness (QED) is 0.560. The average molecular weight is 341 g/mol. The maximum absolute atomic E-state index is 11.8. The molecule has 8 nitrogen and oxygen atoms in total. The predicted molar refractivity (Wildman–Crippen MR) is 90.8 cm³/mol. The number of rotatable bonds is 4. The van der Waals surface area contributed by atoms with E-state index < -0.39 is 17.1 Å². The van der Waals surface area contributed by atoms with E-state index in [-0.39, 0.29) is 5.69 Å². The molecule has 128 valence electrons. The summed E-state index contributed by atoms with van der Waals surface area (Å²) in [7, 11) is 0. The number of nitro benzene ring substituents is 1. The van der Waals surface area contributed by atoms with E-state index in [1.54, 1.807) is 32.0 Å². The fourth-order valence-corrected chi connectivity index (χ4v) is 2.79. The summed E-state index contributed by atoms with van der Waals surface area (Å²) in [5.41, 5.74) is 2.10. The van der Waals surface area contributed by atoms with Crippen molar-refractivity contribution >= 4 is 28.6 Å². The van der Waals surface area contributed by atoms with Crippen LogP contribution < -0.4 is 4.90 Å². The Hall–Kier alpha value is -3.42. The zero-order chi connectivity index (χ0) is 18.1. The highest BCUT2D eigenvalue weighted by Crippen LogP contribution is 2.32. The van der Waals surface area contributed by atoms with Gasteiger partial charge in [-0.15, -0.1) is 0 Å². The van der Waals surface area contributed by atoms with Crippen LogP contribution in [0.2, 0.25) is 0 Å². The number of hydrogen-bond donors (Lipinski definition) is 1. The van der Waals surface area contributed by atoms with Gasteiger partial charge in [-0.25, -0.2) is 9.78 Å². The molecule has 0 bridgehead atoms. The first-order valence-electron chi connectivity index (χ1n) is 7.51. The molecule has 3 aromatic rings. The van der Waals surface area contributed by atoms with Gasteiger partial charge >= 0.3 is 6.09 Å². The molecule has 0 aliphatic carbocycles. The maximum atomic E-state index is 11.8. The molecule has 1 atom stereocenters. The summed E-state index contributed by atoms with van der Waals surface area (Å²) in [4.78, 5) is 27.5. The average Bonchev–Trinajstić information content (AvgIpc) is 2.95. The van der Waals surface area contributed by atoms with Gasteiger partial charge in [-0.1, -0.05) is 12.1 Å².